The minimum atomic E-state index is 0.691. The molecule has 2 heterocycles. The van der Waals surface area contributed by atoms with E-state index in [2.05, 4.69) is 51.7 Å². The maximum atomic E-state index is 2.80. The van der Waals surface area contributed by atoms with Gasteiger partial charge in [-0.2, -0.15) is 0 Å². The minimum Gasteiger partial charge on any atom is -0.296 e. The predicted octanol–water partition coefficient (Wildman–Crippen LogP) is 5.29. The van der Waals surface area contributed by atoms with Gasteiger partial charge in [0.2, 0.25) is 0 Å². The van der Waals surface area contributed by atoms with Crippen LogP contribution in [-0.2, 0) is 6.42 Å². The Kier molecular flexibility index (Phi) is 4.64. The average Bonchev–Trinajstić information content (AvgIpc) is 2.47. The van der Waals surface area contributed by atoms with E-state index in [9.17, 15) is 0 Å². The summed E-state index contributed by atoms with van der Waals surface area (Å²) in [4.78, 5) is 2.80. The van der Waals surface area contributed by atoms with Crippen LogP contribution in [0.25, 0.3) is 0 Å². The van der Waals surface area contributed by atoms with E-state index in [0.717, 1.165) is 17.8 Å². The van der Waals surface area contributed by atoms with Crippen molar-refractivity contribution >= 4 is 0 Å². The summed E-state index contributed by atoms with van der Waals surface area (Å²) in [5.41, 5.74) is 6.21. The number of hydrogen-bond acceptors (Lipinski definition) is 1. The van der Waals surface area contributed by atoms with Crippen molar-refractivity contribution in [2.75, 3.05) is 13.1 Å². The molecule has 0 radical (unpaired) electrons. The van der Waals surface area contributed by atoms with Crippen LogP contribution in [0.2, 0.25) is 0 Å². The molecule has 1 saturated heterocycles. The number of fused-ring (bicyclic) bond motifs is 3. The van der Waals surface area contributed by atoms with Gasteiger partial charge in [-0.15, -0.1) is 0 Å². The number of piperidine rings is 1. The minimum absolute atomic E-state index is 0.691. The zero-order valence-electron chi connectivity index (χ0n) is 15.2. The fourth-order valence-corrected chi connectivity index (χ4v) is 4.84. The van der Waals surface area contributed by atoms with Crippen LogP contribution in [-0.4, -0.2) is 18.0 Å². The molecule has 3 atom stereocenters. The molecule has 0 aliphatic carbocycles. The summed E-state index contributed by atoms with van der Waals surface area (Å²) >= 11 is 0. The molecule has 1 aromatic rings. The van der Waals surface area contributed by atoms with E-state index in [4.69, 9.17) is 0 Å². The summed E-state index contributed by atoms with van der Waals surface area (Å²) in [6.45, 7) is 14.3. The fraction of sp³-hybridized carbons (Fsp3) is 0.714. The van der Waals surface area contributed by atoms with E-state index < -0.39 is 0 Å². The Morgan fingerprint density at radius 2 is 1.86 bits per heavy atom. The molecule has 2 aliphatic rings. The first-order valence-corrected chi connectivity index (χ1v) is 9.33. The molecule has 1 heteroatoms. The van der Waals surface area contributed by atoms with Crippen molar-refractivity contribution in [1.29, 1.82) is 0 Å². The lowest BCUT2D eigenvalue weighted by Gasteiger charge is -2.48. The zero-order valence-corrected chi connectivity index (χ0v) is 15.2. The molecular weight excluding hydrogens is 266 g/mol. The number of aryl methyl sites for hydroxylation is 2. The molecule has 22 heavy (non-hydrogen) atoms. The van der Waals surface area contributed by atoms with Gasteiger partial charge >= 0.3 is 0 Å². The van der Waals surface area contributed by atoms with E-state index in [-0.39, 0.29) is 0 Å². The largest absolute Gasteiger partial charge is 0.296 e. The van der Waals surface area contributed by atoms with E-state index in [1.165, 1.54) is 49.9 Å². The predicted molar refractivity (Wildman–Crippen MR) is 95.3 cm³/mol. The lowest BCUT2D eigenvalue weighted by atomic mass is 9.73. The van der Waals surface area contributed by atoms with Crippen molar-refractivity contribution in [2.45, 2.75) is 66.3 Å². The van der Waals surface area contributed by atoms with Crippen LogP contribution >= 0.6 is 0 Å². The summed E-state index contributed by atoms with van der Waals surface area (Å²) < 4.78 is 0. The van der Waals surface area contributed by atoms with Gasteiger partial charge in [0.25, 0.3) is 0 Å². The topological polar surface area (TPSA) is 3.24 Å². The van der Waals surface area contributed by atoms with Crippen LogP contribution in [0.3, 0.4) is 0 Å². The molecule has 0 unspecified atom stereocenters. The molecule has 0 bridgehead atoms. The maximum absolute atomic E-state index is 2.80. The van der Waals surface area contributed by atoms with Crippen LogP contribution in [0.5, 0.6) is 0 Å². The Balaban J connectivity index is 1.87. The lowest BCUT2D eigenvalue weighted by Crippen LogP contribution is -2.46. The van der Waals surface area contributed by atoms with Crippen LogP contribution in [0.1, 0.15) is 68.3 Å². The maximum Gasteiger partial charge on any atom is 0.0353 e. The highest BCUT2D eigenvalue weighted by atomic mass is 15.2. The fourth-order valence-electron chi connectivity index (χ4n) is 4.84. The molecule has 1 aromatic carbocycles. The van der Waals surface area contributed by atoms with Gasteiger partial charge in [0.15, 0.2) is 0 Å². The van der Waals surface area contributed by atoms with E-state index in [0.29, 0.717) is 6.04 Å². The van der Waals surface area contributed by atoms with Crippen LogP contribution in [0, 0.1) is 31.6 Å². The second-order valence-corrected chi connectivity index (χ2v) is 8.19. The van der Waals surface area contributed by atoms with Crippen molar-refractivity contribution in [2.24, 2.45) is 17.8 Å². The van der Waals surface area contributed by atoms with Crippen LogP contribution in [0.15, 0.2) is 12.1 Å². The van der Waals surface area contributed by atoms with Crippen molar-refractivity contribution in [3.05, 3.63) is 34.4 Å². The zero-order chi connectivity index (χ0) is 15.9. The first kappa shape index (κ1) is 16.1. The van der Waals surface area contributed by atoms with Crippen molar-refractivity contribution in [1.82, 2.24) is 4.90 Å². The molecule has 0 aromatic heterocycles. The quantitative estimate of drug-likeness (QED) is 0.732. The van der Waals surface area contributed by atoms with Gasteiger partial charge in [-0.1, -0.05) is 39.3 Å². The number of rotatable bonds is 3. The first-order chi connectivity index (χ1) is 10.5. The molecule has 0 saturated carbocycles. The number of benzene rings is 1. The van der Waals surface area contributed by atoms with E-state index in [1.54, 1.807) is 11.1 Å². The van der Waals surface area contributed by atoms with Gasteiger partial charge in [0.1, 0.15) is 0 Å². The summed E-state index contributed by atoms with van der Waals surface area (Å²) in [5.74, 6) is 2.66. The molecule has 122 valence electrons. The average molecular weight is 300 g/mol. The Bertz CT molecular complexity index is 531. The molecule has 3 rings (SSSR count). The summed E-state index contributed by atoms with van der Waals surface area (Å²) in [5, 5.41) is 0. The third-order valence-corrected chi connectivity index (χ3v) is 6.18. The second kappa shape index (κ2) is 6.35. The highest BCUT2D eigenvalue weighted by Crippen LogP contribution is 2.44. The Morgan fingerprint density at radius 1 is 1.14 bits per heavy atom. The van der Waals surface area contributed by atoms with Crippen molar-refractivity contribution in [3.8, 4) is 0 Å². The first-order valence-electron chi connectivity index (χ1n) is 9.33. The summed E-state index contributed by atoms with van der Waals surface area (Å²) in [6, 6.07) is 5.65. The standard InChI is InChI=1S/C21H33N/c1-6-17-12-21-20-11-16(5)15(4)10-18(20)7-8-22(21)13-19(17)9-14(2)3/h10-11,14,17,19,21H,6-9,12-13H2,1-5H3/t17-,19-,21-/m1/s1. The van der Waals surface area contributed by atoms with Gasteiger partial charge in [0, 0.05) is 19.1 Å². The Hall–Kier alpha value is -0.820. The van der Waals surface area contributed by atoms with Gasteiger partial charge in [-0.05, 0) is 73.1 Å². The van der Waals surface area contributed by atoms with Gasteiger partial charge < -0.3 is 0 Å². The van der Waals surface area contributed by atoms with E-state index >= 15 is 0 Å². The molecule has 2 aliphatic heterocycles. The van der Waals surface area contributed by atoms with Gasteiger partial charge in [0.05, 0.1) is 0 Å². The summed E-state index contributed by atoms with van der Waals surface area (Å²) in [6.07, 6.45) is 5.38. The van der Waals surface area contributed by atoms with Gasteiger partial charge in [-0.3, -0.25) is 4.90 Å². The number of nitrogens with zero attached hydrogens (tertiary/aromatic N) is 1. The smallest absolute Gasteiger partial charge is 0.0353 e. The highest BCUT2D eigenvalue weighted by Gasteiger charge is 2.38. The molecule has 0 N–H and O–H groups in total. The van der Waals surface area contributed by atoms with Crippen LogP contribution < -0.4 is 0 Å². The third kappa shape index (κ3) is 2.97. The monoisotopic (exact) mass is 299 g/mol. The molecule has 1 fully saturated rings. The SMILES string of the molecule is CC[C@@H]1C[C@@H]2c3cc(C)c(C)cc3CCN2C[C@H]1CC(C)C. The van der Waals surface area contributed by atoms with E-state index in [1.807, 2.05) is 0 Å². The Morgan fingerprint density at radius 3 is 2.55 bits per heavy atom. The second-order valence-electron chi connectivity index (χ2n) is 8.19. The molecular formula is C21H33N. The van der Waals surface area contributed by atoms with Crippen LogP contribution in [0.4, 0.5) is 0 Å². The summed E-state index contributed by atoms with van der Waals surface area (Å²) in [7, 11) is 0. The molecule has 1 nitrogen and oxygen atoms in total. The van der Waals surface area contributed by atoms with Crippen molar-refractivity contribution in [3.63, 3.8) is 0 Å². The molecule has 0 amide bonds. The Labute approximate surface area is 137 Å². The van der Waals surface area contributed by atoms with Gasteiger partial charge in [-0.25, -0.2) is 0 Å². The normalized spacial score (nSPS) is 28.5. The number of hydrogen-bond donors (Lipinski definition) is 0. The van der Waals surface area contributed by atoms with Crippen molar-refractivity contribution < 1.29 is 0 Å². The highest BCUT2D eigenvalue weighted by molar-refractivity contribution is 5.41. The third-order valence-electron chi connectivity index (χ3n) is 6.18. The lowest BCUT2D eigenvalue weighted by molar-refractivity contribution is 0.0429. The molecule has 0 spiro atoms.